The van der Waals surface area contributed by atoms with Gasteiger partial charge in [0.25, 0.3) is 0 Å². The predicted molar refractivity (Wildman–Crippen MR) is 120 cm³/mol. The molecule has 4 rings (SSSR count). The van der Waals surface area contributed by atoms with Crippen molar-refractivity contribution in [3.05, 3.63) is 66.5 Å². The summed E-state index contributed by atoms with van der Waals surface area (Å²) in [5.41, 5.74) is 2.51. The number of rotatable bonds is 4. The van der Waals surface area contributed by atoms with Crippen molar-refractivity contribution in [2.45, 2.75) is 43.6 Å². The van der Waals surface area contributed by atoms with Crippen molar-refractivity contribution in [2.24, 2.45) is 0 Å². The summed E-state index contributed by atoms with van der Waals surface area (Å²) in [6.07, 6.45) is 3.63. The third kappa shape index (κ3) is 3.39. The molecule has 0 radical (unpaired) electrons. The third-order valence-electron chi connectivity index (χ3n) is 5.34. The molecule has 2 heterocycles. The van der Waals surface area contributed by atoms with Crippen LogP contribution in [0.5, 0.6) is 0 Å². The summed E-state index contributed by atoms with van der Waals surface area (Å²) in [7, 11) is 0. The molecule has 30 heavy (non-hydrogen) atoms. The van der Waals surface area contributed by atoms with Gasteiger partial charge in [-0.3, -0.25) is 19.1 Å². The summed E-state index contributed by atoms with van der Waals surface area (Å²) in [6.45, 7) is 7.43. The first-order valence-corrected chi connectivity index (χ1v) is 10.7. The molecule has 0 saturated carbocycles. The minimum absolute atomic E-state index is 0.133. The fourth-order valence-electron chi connectivity index (χ4n) is 3.63. The van der Waals surface area contributed by atoms with Crippen LogP contribution in [0.15, 0.2) is 66.1 Å². The number of imidazole rings is 1. The second kappa shape index (κ2) is 7.65. The molecule has 1 N–H and O–H groups in total. The molecule has 1 aliphatic heterocycles. The van der Waals surface area contributed by atoms with Gasteiger partial charge in [-0.1, -0.05) is 42.1 Å². The normalized spacial score (nSPS) is 16.0. The second-order valence-electron chi connectivity index (χ2n) is 7.83. The van der Waals surface area contributed by atoms with Crippen LogP contribution in [0, 0.1) is 6.92 Å². The molecule has 0 aliphatic carbocycles. The number of fused-ring (bicyclic) bond motifs is 1. The van der Waals surface area contributed by atoms with Crippen molar-refractivity contribution in [3.8, 4) is 5.69 Å². The fraction of sp³-hybridized carbons (Fsp3) is 0.261. The topological polar surface area (TPSA) is 67.2 Å². The molecule has 1 aromatic heterocycles. The summed E-state index contributed by atoms with van der Waals surface area (Å²) in [6, 6.07) is 15.4. The lowest BCUT2D eigenvalue weighted by Crippen LogP contribution is -2.60. The highest BCUT2D eigenvalue weighted by Gasteiger charge is 2.44. The number of para-hydroxylation sites is 3. The van der Waals surface area contributed by atoms with Crippen LogP contribution in [0.2, 0.25) is 0 Å². The Morgan fingerprint density at radius 2 is 1.77 bits per heavy atom. The van der Waals surface area contributed by atoms with Crippen LogP contribution < -0.4 is 10.2 Å². The van der Waals surface area contributed by atoms with Crippen LogP contribution in [0.4, 0.5) is 11.4 Å². The van der Waals surface area contributed by atoms with Crippen LogP contribution in [-0.4, -0.2) is 32.2 Å². The lowest BCUT2D eigenvalue weighted by atomic mass is 9.96. The maximum Gasteiger partial charge on any atom is 0.250 e. The van der Waals surface area contributed by atoms with E-state index in [0.717, 1.165) is 16.4 Å². The molecule has 3 aromatic rings. The first-order valence-electron chi connectivity index (χ1n) is 9.81. The van der Waals surface area contributed by atoms with Crippen molar-refractivity contribution in [2.75, 3.05) is 10.2 Å². The Balaban J connectivity index is 1.65. The van der Waals surface area contributed by atoms with Crippen molar-refractivity contribution in [1.29, 1.82) is 0 Å². The van der Waals surface area contributed by atoms with Crippen LogP contribution in [0.25, 0.3) is 5.69 Å². The van der Waals surface area contributed by atoms with E-state index in [9.17, 15) is 9.59 Å². The number of amides is 2. The van der Waals surface area contributed by atoms with Gasteiger partial charge in [0.05, 0.1) is 22.3 Å². The highest BCUT2D eigenvalue weighted by molar-refractivity contribution is 8.00. The van der Waals surface area contributed by atoms with Crippen LogP contribution in [0.3, 0.4) is 0 Å². The minimum Gasteiger partial charge on any atom is -0.322 e. The molecule has 0 fully saturated rings. The molecule has 154 valence electrons. The van der Waals surface area contributed by atoms with Gasteiger partial charge < -0.3 is 5.32 Å². The Bertz CT molecular complexity index is 1120. The van der Waals surface area contributed by atoms with Gasteiger partial charge in [-0.2, -0.15) is 0 Å². The van der Waals surface area contributed by atoms with Gasteiger partial charge in [0.1, 0.15) is 5.54 Å². The number of carbonyl (C=O) groups excluding carboxylic acids is 2. The smallest absolute Gasteiger partial charge is 0.250 e. The monoisotopic (exact) mass is 420 g/mol. The maximum absolute atomic E-state index is 13.6. The summed E-state index contributed by atoms with van der Waals surface area (Å²) >= 11 is 1.39. The molecule has 7 heteroatoms. The van der Waals surface area contributed by atoms with Gasteiger partial charge in [0.15, 0.2) is 5.16 Å². The summed E-state index contributed by atoms with van der Waals surface area (Å²) in [4.78, 5) is 32.3. The third-order valence-corrected chi connectivity index (χ3v) is 6.41. The quantitative estimate of drug-likeness (QED) is 0.634. The average molecular weight is 421 g/mol. The lowest BCUT2D eigenvalue weighted by Gasteiger charge is -2.43. The van der Waals surface area contributed by atoms with Crippen molar-refractivity contribution < 1.29 is 9.59 Å². The standard InChI is InChI=1S/C23H24N4O2S/c1-15-9-5-7-11-18(15)26-14-13-24-22(26)30-16(2)20(28)27-19-12-8-6-10-17(19)25-21(29)23(27,3)4/h5-14,16H,1-4H3,(H,25,29). The van der Waals surface area contributed by atoms with Crippen molar-refractivity contribution >= 4 is 35.0 Å². The molecule has 0 saturated heterocycles. The van der Waals surface area contributed by atoms with E-state index in [0.29, 0.717) is 11.4 Å². The first kappa shape index (κ1) is 20.2. The van der Waals surface area contributed by atoms with E-state index in [1.165, 1.54) is 11.8 Å². The van der Waals surface area contributed by atoms with Crippen molar-refractivity contribution in [1.82, 2.24) is 9.55 Å². The molecular weight excluding hydrogens is 396 g/mol. The van der Waals surface area contributed by atoms with E-state index in [-0.39, 0.29) is 11.8 Å². The Morgan fingerprint density at radius 1 is 1.10 bits per heavy atom. The van der Waals surface area contributed by atoms with Gasteiger partial charge in [-0.25, -0.2) is 4.98 Å². The zero-order valence-corrected chi connectivity index (χ0v) is 18.2. The number of nitrogens with zero attached hydrogens (tertiary/aromatic N) is 3. The maximum atomic E-state index is 13.6. The number of benzene rings is 2. The highest BCUT2D eigenvalue weighted by atomic mass is 32.2. The lowest BCUT2D eigenvalue weighted by molar-refractivity contribution is -0.126. The number of anilines is 2. The number of nitrogens with one attached hydrogen (secondary N) is 1. The average Bonchev–Trinajstić information content (AvgIpc) is 3.16. The molecule has 2 amide bonds. The number of thioether (sulfide) groups is 1. The number of aryl methyl sites for hydroxylation is 1. The molecule has 6 nitrogen and oxygen atoms in total. The summed E-state index contributed by atoms with van der Waals surface area (Å²) < 4.78 is 1.99. The van der Waals surface area contributed by atoms with Gasteiger partial charge in [-0.15, -0.1) is 0 Å². The summed E-state index contributed by atoms with van der Waals surface area (Å²) in [5, 5.41) is 3.20. The number of carbonyl (C=O) groups is 2. The van der Waals surface area contributed by atoms with Gasteiger partial charge in [-0.05, 0) is 51.5 Å². The zero-order chi connectivity index (χ0) is 21.5. The van der Waals surface area contributed by atoms with Crippen LogP contribution >= 0.6 is 11.8 Å². The fourth-order valence-corrected chi connectivity index (χ4v) is 4.55. The minimum atomic E-state index is -0.994. The largest absolute Gasteiger partial charge is 0.322 e. The molecular formula is C23H24N4O2S. The predicted octanol–water partition coefficient (Wildman–Crippen LogP) is 4.43. The number of hydrogen-bond acceptors (Lipinski definition) is 4. The van der Waals surface area contributed by atoms with Gasteiger partial charge in [0, 0.05) is 12.4 Å². The van der Waals surface area contributed by atoms with E-state index in [2.05, 4.69) is 10.3 Å². The van der Waals surface area contributed by atoms with E-state index in [1.54, 1.807) is 24.9 Å². The molecule has 1 atom stereocenters. The molecule has 1 aliphatic rings. The summed E-state index contributed by atoms with van der Waals surface area (Å²) in [5.74, 6) is -0.334. The number of aromatic nitrogens is 2. The Kier molecular flexibility index (Phi) is 5.15. The van der Waals surface area contributed by atoms with E-state index in [4.69, 9.17) is 0 Å². The first-order chi connectivity index (χ1) is 14.3. The molecule has 0 spiro atoms. The van der Waals surface area contributed by atoms with Gasteiger partial charge in [0.2, 0.25) is 11.8 Å². The van der Waals surface area contributed by atoms with Crippen molar-refractivity contribution in [3.63, 3.8) is 0 Å². The molecule has 0 bridgehead atoms. The Morgan fingerprint density at radius 3 is 2.50 bits per heavy atom. The molecule has 1 unspecified atom stereocenters. The van der Waals surface area contributed by atoms with E-state index in [1.807, 2.05) is 73.1 Å². The van der Waals surface area contributed by atoms with E-state index < -0.39 is 10.8 Å². The molecule has 2 aromatic carbocycles. The second-order valence-corrected chi connectivity index (χ2v) is 9.14. The SMILES string of the molecule is Cc1ccccc1-n1ccnc1SC(C)C(=O)N1c2ccccc2NC(=O)C1(C)C. The van der Waals surface area contributed by atoms with Crippen LogP contribution in [0.1, 0.15) is 26.3 Å². The Labute approximate surface area is 180 Å². The zero-order valence-electron chi connectivity index (χ0n) is 17.4. The Hall–Kier alpha value is -3.06. The highest BCUT2D eigenvalue weighted by Crippen LogP contribution is 2.38. The van der Waals surface area contributed by atoms with Gasteiger partial charge >= 0.3 is 0 Å². The van der Waals surface area contributed by atoms with Crippen LogP contribution in [-0.2, 0) is 9.59 Å². The van der Waals surface area contributed by atoms with E-state index >= 15 is 0 Å². The number of hydrogen-bond donors (Lipinski definition) is 1.